The van der Waals surface area contributed by atoms with Crippen LogP contribution >= 0.6 is 0 Å². The second-order valence-electron chi connectivity index (χ2n) is 16.9. The van der Waals surface area contributed by atoms with Crippen LogP contribution in [0.25, 0.3) is 72.7 Å². The maximum Gasteiger partial charge on any atom is 0.149 e. The van der Waals surface area contributed by atoms with Crippen LogP contribution in [0.3, 0.4) is 0 Å². The first-order valence-corrected chi connectivity index (χ1v) is 19.9. The molecule has 58 heavy (non-hydrogen) atoms. The van der Waals surface area contributed by atoms with Gasteiger partial charge in [-0.05, 0) is 130 Å². The largest absolute Gasteiger partial charge is 0.507 e. The predicted octanol–water partition coefficient (Wildman–Crippen LogP) is 14.6. The van der Waals surface area contributed by atoms with E-state index in [0.717, 1.165) is 66.8 Å². The van der Waals surface area contributed by atoms with Gasteiger partial charge in [0.15, 0.2) is 0 Å². The minimum absolute atomic E-state index is 0.00383. The molecule has 0 saturated heterocycles. The fraction of sp³-hybridized carbons (Fsp3) is 0.222. The lowest BCUT2D eigenvalue weighted by Crippen LogP contribution is -2.11. The third kappa shape index (κ3) is 7.36. The maximum absolute atomic E-state index is 12.1. The first-order chi connectivity index (χ1) is 30.6. The van der Waals surface area contributed by atoms with Crippen molar-refractivity contribution in [2.45, 2.75) is 79.5 Å². The quantitative estimate of drug-likeness (QED) is 0.168. The zero-order valence-corrected chi connectivity index (χ0v) is 34.4. The van der Waals surface area contributed by atoms with Crippen LogP contribution in [0.4, 0.5) is 0 Å². The molecule has 0 aliphatic heterocycles. The lowest BCUT2D eigenvalue weighted by Gasteiger charge is -2.22. The molecule has 1 N–H and O–H groups in total. The molecular weight excluding hydrogens is 707 g/mol. The number of aryl methyl sites for hydroxylation is 1. The van der Waals surface area contributed by atoms with Gasteiger partial charge in [-0.3, -0.25) is 9.55 Å². The Kier molecular flexibility index (Phi) is 8.10. The van der Waals surface area contributed by atoms with Crippen molar-refractivity contribution in [3.8, 4) is 67.5 Å². The number of fused-ring (bicyclic) bond motifs is 1. The number of pyridine rings is 1. The Morgan fingerprint density at radius 2 is 1.43 bits per heavy atom. The van der Waals surface area contributed by atoms with Crippen LogP contribution in [0.2, 0.25) is 0 Å². The molecule has 0 aliphatic rings. The van der Waals surface area contributed by atoms with Gasteiger partial charge < -0.3 is 5.11 Å². The van der Waals surface area contributed by atoms with E-state index in [1.807, 2.05) is 30.3 Å². The maximum atomic E-state index is 12.1. The van der Waals surface area contributed by atoms with Crippen molar-refractivity contribution >= 4 is 11.0 Å². The molecule has 0 saturated carbocycles. The summed E-state index contributed by atoms with van der Waals surface area (Å²) in [6.45, 7) is 14.2. The van der Waals surface area contributed by atoms with E-state index in [-0.39, 0.29) is 28.6 Å². The molecule has 0 unspecified atom stereocenters. The van der Waals surface area contributed by atoms with Gasteiger partial charge >= 0.3 is 0 Å². The van der Waals surface area contributed by atoms with Crippen molar-refractivity contribution in [3.63, 3.8) is 0 Å². The molecule has 4 nitrogen and oxygen atoms in total. The van der Waals surface area contributed by atoms with Gasteiger partial charge in [-0.15, -0.1) is 0 Å². The number of para-hydroxylation sites is 1. The molecule has 2 heterocycles. The van der Waals surface area contributed by atoms with E-state index in [0.29, 0.717) is 22.6 Å². The molecule has 8 aromatic rings. The number of nitrogens with zero attached hydrogens (tertiary/aromatic N) is 3. The molecule has 4 heteroatoms. The molecule has 290 valence electrons. The van der Waals surface area contributed by atoms with Crippen LogP contribution in [0.15, 0.2) is 140 Å². The predicted molar refractivity (Wildman–Crippen MR) is 244 cm³/mol. The first-order valence-electron chi connectivity index (χ1n) is 23.4. The lowest BCUT2D eigenvalue weighted by molar-refractivity contribution is 0.466. The molecule has 0 spiro atoms. The smallest absolute Gasteiger partial charge is 0.149 e. The Labute approximate surface area is 353 Å². The van der Waals surface area contributed by atoms with E-state index in [9.17, 15) is 5.11 Å². The Hall–Kier alpha value is -6.26. The molecule has 0 aliphatic carbocycles. The van der Waals surface area contributed by atoms with E-state index in [2.05, 4.69) is 127 Å². The minimum Gasteiger partial charge on any atom is -0.507 e. The lowest BCUT2D eigenvalue weighted by atomic mass is 9.83. The van der Waals surface area contributed by atoms with Crippen LogP contribution < -0.4 is 0 Å². The van der Waals surface area contributed by atoms with Gasteiger partial charge in [-0.2, -0.15) is 0 Å². The topological polar surface area (TPSA) is 50.9 Å². The van der Waals surface area contributed by atoms with Crippen molar-refractivity contribution in [2.75, 3.05) is 0 Å². The SMILES string of the molecule is [2H]c1c([2H])c(C([2H])([2H])[2H])c([2H])c([2H])c1-c1ccnc(-c2cc(-c3cccc4c3nc(-c3cc(C(C)C)cc(C(C)C)c3O)n4-c3ccc(-c4ccccc4)c(C)c3)cc(C(C)(C)C)c2)c1. The van der Waals surface area contributed by atoms with Crippen molar-refractivity contribution in [3.05, 3.63) is 167 Å². The van der Waals surface area contributed by atoms with Crippen LogP contribution in [0.1, 0.15) is 97.7 Å². The highest BCUT2D eigenvalue weighted by molar-refractivity contribution is 5.97. The van der Waals surface area contributed by atoms with E-state index >= 15 is 0 Å². The molecule has 8 rings (SSSR count). The summed E-state index contributed by atoms with van der Waals surface area (Å²) in [5, 5.41) is 12.1. The van der Waals surface area contributed by atoms with Crippen LogP contribution in [0.5, 0.6) is 5.75 Å². The number of phenols is 1. The van der Waals surface area contributed by atoms with Crippen molar-refractivity contribution in [1.29, 1.82) is 0 Å². The molecule has 2 aromatic heterocycles. The van der Waals surface area contributed by atoms with E-state index < -0.39 is 36.6 Å². The Morgan fingerprint density at radius 3 is 2.12 bits per heavy atom. The van der Waals surface area contributed by atoms with Gasteiger partial charge in [0.25, 0.3) is 0 Å². The normalized spacial score (nSPS) is 13.9. The molecule has 0 radical (unpaired) electrons. The molecule has 0 amide bonds. The van der Waals surface area contributed by atoms with Gasteiger partial charge in [0.05, 0.1) is 27.8 Å². The summed E-state index contributed by atoms with van der Waals surface area (Å²) < 4.78 is 60.5. The summed E-state index contributed by atoms with van der Waals surface area (Å²) >= 11 is 0. The van der Waals surface area contributed by atoms with Gasteiger partial charge in [0.1, 0.15) is 11.6 Å². The number of rotatable bonds is 8. The molecule has 0 atom stereocenters. The first kappa shape index (κ1) is 30.8. The van der Waals surface area contributed by atoms with E-state index in [1.54, 1.807) is 18.3 Å². The highest BCUT2D eigenvalue weighted by Gasteiger charge is 2.25. The average molecular weight is 767 g/mol. The standard InChI is InChI=1S/C54H53N3O/c1-33(2)40-30-47(34(3)4)52(58)48(31-40)53-56-51-46(16-13-17-50(51)57(53)44-22-23-45(36(6)26-44)38-14-11-10-12-15-38)41-27-42(29-43(28-41)54(7,8)9)49-32-39(24-25-55-49)37-20-18-35(5)19-21-37/h10-34,58H,1-9H3/i5D3,18D,19D,20D,21D. The number of aromatic hydroxyl groups is 1. The third-order valence-corrected chi connectivity index (χ3v) is 11.0. The summed E-state index contributed by atoms with van der Waals surface area (Å²) in [7, 11) is 0. The van der Waals surface area contributed by atoms with E-state index in [1.165, 1.54) is 0 Å². The summed E-state index contributed by atoms with van der Waals surface area (Å²) in [5.74, 6) is 1.09. The van der Waals surface area contributed by atoms with Crippen LogP contribution in [-0.2, 0) is 5.41 Å². The van der Waals surface area contributed by atoms with Crippen molar-refractivity contribution in [2.24, 2.45) is 0 Å². The number of imidazole rings is 1. The fourth-order valence-corrected chi connectivity index (χ4v) is 7.69. The highest BCUT2D eigenvalue weighted by Crippen LogP contribution is 2.43. The van der Waals surface area contributed by atoms with Crippen LogP contribution in [0, 0.1) is 13.8 Å². The summed E-state index contributed by atoms with van der Waals surface area (Å²) in [6, 6.07) is 34.7. The van der Waals surface area contributed by atoms with Crippen LogP contribution in [-0.4, -0.2) is 19.6 Å². The van der Waals surface area contributed by atoms with Gasteiger partial charge in [-0.1, -0.05) is 139 Å². The summed E-state index contributed by atoms with van der Waals surface area (Å²) in [6.07, 6.45) is 1.57. The van der Waals surface area contributed by atoms with Gasteiger partial charge in [-0.25, -0.2) is 4.98 Å². The zero-order chi connectivity index (χ0) is 46.9. The van der Waals surface area contributed by atoms with Gasteiger partial charge in [0.2, 0.25) is 0 Å². The number of benzene rings is 6. The monoisotopic (exact) mass is 766 g/mol. The van der Waals surface area contributed by atoms with E-state index in [4.69, 9.17) is 19.6 Å². The molecular formula is C54H53N3O. The molecule has 0 fully saturated rings. The number of hydrogen-bond donors (Lipinski definition) is 1. The second kappa shape index (κ2) is 15.2. The Bertz CT molecular complexity index is 3110. The van der Waals surface area contributed by atoms with Crippen molar-refractivity contribution in [1.82, 2.24) is 14.5 Å². The minimum atomic E-state index is -2.81. The zero-order valence-electron chi connectivity index (χ0n) is 41.4. The Morgan fingerprint density at radius 1 is 0.672 bits per heavy atom. The average Bonchev–Trinajstić information content (AvgIpc) is 3.65. The number of aromatic nitrogens is 3. The molecule has 0 bridgehead atoms. The second-order valence-corrected chi connectivity index (χ2v) is 16.9. The number of phenolic OH excluding ortho intramolecular Hbond substituents is 1. The molecule has 6 aromatic carbocycles. The summed E-state index contributed by atoms with van der Waals surface area (Å²) in [4.78, 5) is 10.2. The summed E-state index contributed by atoms with van der Waals surface area (Å²) in [5.41, 5.74) is 12.0. The van der Waals surface area contributed by atoms with Gasteiger partial charge in [0, 0.05) is 27.1 Å². The highest BCUT2D eigenvalue weighted by atomic mass is 16.3. The number of hydrogen-bond acceptors (Lipinski definition) is 3. The third-order valence-electron chi connectivity index (χ3n) is 11.0. The Balaban J connectivity index is 1.37. The fourth-order valence-electron chi connectivity index (χ4n) is 7.69. The van der Waals surface area contributed by atoms with Crippen molar-refractivity contribution < 1.29 is 14.7 Å².